The van der Waals surface area contributed by atoms with Gasteiger partial charge in [-0.3, -0.25) is 0 Å². The number of nitrogens with two attached hydrogens (primary N) is 1. The largest absolute Gasteiger partial charge is 0.475 e. The molecule has 1 aromatic carbocycles. The number of aliphatic hydroxyl groups excluding tert-OH is 1. The summed E-state index contributed by atoms with van der Waals surface area (Å²) in [5.74, 6) is 0.525. The zero-order chi connectivity index (χ0) is 17.1. The van der Waals surface area contributed by atoms with E-state index < -0.39 is 12.1 Å². The fourth-order valence-electron chi connectivity index (χ4n) is 2.26. The van der Waals surface area contributed by atoms with Crippen molar-refractivity contribution in [2.24, 2.45) is 5.73 Å². The minimum absolute atomic E-state index is 0. The van der Waals surface area contributed by atoms with Crippen molar-refractivity contribution in [2.45, 2.75) is 39.0 Å². The first-order valence-electron chi connectivity index (χ1n) is 7.32. The Bertz CT molecular complexity index is 698. The standard InChI is InChI=1S/C17H20Cl2N2O2.2ClH/c1-9(2)23-15-7-5-12(10(3)21-15)17(22)16(20)11-4-6-13(18)14(19)8-11;;/h4-9,16-17,22H,20H2,1-3H3;2*1H/t16-,17+;;/m1../s1. The number of nitrogens with zero attached hydrogens (tertiary/aromatic N) is 1. The Kier molecular flexibility index (Phi) is 10.1. The highest BCUT2D eigenvalue weighted by atomic mass is 35.5. The molecule has 1 heterocycles. The summed E-state index contributed by atoms with van der Waals surface area (Å²) in [5.41, 5.74) is 8.19. The van der Waals surface area contributed by atoms with Crippen molar-refractivity contribution in [3.63, 3.8) is 0 Å². The van der Waals surface area contributed by atoms with Crippen molar-refractivity contribution >= 4 is 48.0 Å². The molecule has 0 aliphatic heterocycles. The summed E-state index contributed by atoms with van der Waals surface area (Å²) in [5, 5.41) is 11.4. The predicted octanol–water partition coefficient (Wildman–Crippen LogP) is 5.06. The van der Waals surface area contributed by atoms with E-state index in [4.69, 9.17) is 33.7 Å². The van der Waals surface area contributed by atoms with Gasteiger partial charge in [-0.1, -0.05) is 29.3 Å². The zero-order valence-corrected chi connectivity index (χ0v) is 17.2. The van der Waals surface area contributed by atoms with Gasteiger partial charge in [0.25, 0.3) is 0 Å². The van der Waals surface area contributed by atoms with Crippen LogP contribution in [0.15, 0.2) is 30.3 Å². The van der Waals surface area contributed by atoms with Crippen LogP contribution in [0.25, 0.3) is 0 Å². The summed E-state index contributed by atoms with van der Waals surface area (Å²) in [4.78, 5) is 4.36. The van der Waals surface area contributed by atoms with Gasteiger partial charge in [-0.2, -0.15) is 0 Å². The van der Waals surface area contributed by atoms with Gasteiger partial charge in [0, 0.05) is 17.3 Å². The molecule has 0 radical (unpaired) electrons. The van der Waals surface area contributed by atoms with Crippen molar-refractivity contribution in [2.75, 3.05) is 0 Å². The first kappa shape index (κ1) is 24.2. The number of hydrogen-bond acceptors (Lipinski definition) is 4. The topological polar surface area (TPSA) is 68.4 Å². The first-order valence-corrected chi connectivity index (χ1v) is 8.08. The van der Waals surface area contributed by atoms with Crippen LogP contribution in [0.2, 0.25) is 10.0 Å². The van der Waals surface area contributed by atoms with Gasteiger partial charge < -0.3 is 15.6 Å². The molecule has 0 aliphatic rings. The average Bonchev–Trinajstić information content (AvgIpc) is 2.48. The van der Waals surface area contributed by atoms with E-state index in [-0.39, 0.29) is 30.9 Å². The number of ether oxygens (including phenoxy) is 1. The number of pyridine rings is 1. The van der Waals surface area contributed by atoms with Crippen molar-refractivity contribution in [3.05, 3.63) is 57.2 Å². The third kappa shape index (κ3) is 6.17. The molecule has 25 heavy (non-hydrogen) atoms. The molecule has 140 valence electrons. The van der Waals surface area contributed by atoms with E-state index in [1.54, 1.807) is 30.3 Å². The van der Waals surface area contributed by atoms with Gasteiger partial charge in [-0.05, 0) is 44.5 Å². The molecule has 1 aromatic heterocycles. The minimum Gasteiger partial charge on any atom is -0.475 e. The lowest BCUT2D eigenvalue weighted by Crippen LogP contribution is -2.21. The van der Waals surface area contributed by atoms with Crippen LogP contribution in [-0.2, 0) is 0 Å². The number of hydrogen-bond donors (Lipinski definition) is 2. The number of aromatic nitrogens is 1. The van der Waals surface area contributed by atoms with Crippen molar-refractivity contribution in [3.8, 4) is 5.88 Å². The summed E-state index contributed by atoms with van der Waals surface area (Å²) in [6.45, 7) is 5.67. The second-order valence-electron chi connectivity index (χ2n) is 5.63. The van der Waals surface area contributed by atoms with E-state index >= 15 is 0 Å². The molecule has 8 heteroatoms. The SMILES string of the molecule is Cc1nc(OC(C)C)ccc1[C@H](O)[C@H](N)c1ccc(Cl)c(Cl)c1.Cl.Cl. The molecule has 0 bridgehead atoms. The Morgan fingerprint density at radius 2 is 1.72 bits per heavy atom. The van der Waals surface area contributed by atoms with Crippen LogP contribution in [0.4, 0.5) is 0 Å². The molecule has 0 fully saturated rings. The van der Waals surface area contributed by atoms with Gasteiger partial charge in [0.2, 0.25) is 5.88 Å². The molecular formula is C17H22Cl4N2O2. The Labute approximate surface area is 170 Å². The second-order valence-corrected chi connectivity index (χ2v) is 6.45. The average molecular weight is 428 g/mol. The molecule has 4 nitrogen and oxygen atoms in total. The zero-order valence-electron chi connectivity index (χ0n) is 14.1. The van der Waals surface area contributed by atoms with Gasteiger partial charge in [-0.15, -0.1) is 24.8 Å². The Hall–Kier alpha value is -0.750. The van der Waals surface area contributed by atoms with Crippen LogP contribution in [0.1, 0.15) is 42.8 Å². The number of aliphatic hydroxyl groups is 1. The maximum Gasteiger partial charge on any atom is 0.213 e. The minimum atomic E-state index is -0.909. The van der Waals surface area contributed by atoms with E-state index in [0.717, 1.165) is 0 Å². The van der Waals surface area contributed by atoms with Crippen LogP contribution in [0.3, 0.4) is 0 Å². The normalized spacial score (nSPS) is 12.8. The first-order chi connectivity index (χ1) is 10.8. The Morgan fingerprint density at radius 1 is 1.08 bits per heavy atom. The van der Waals surface area contributed by atoms with Crippen LogP contribution in [-0.4, -0.2) is 16.2 Å². The van der Waals surface area contributed by atoms with E-state index in [0.29, 0.717) is 32.7 Å². The smallest absolute Gasteiger partial charge is 0.213 e. The van der Waals surface area contributed by atoms with Gasteiger partial charge >= 0.3 is 0 Å². The third-order valence-corrected chi connectivity index (χ3v) is 4.18. The second kappa shape index (κ2) is 10.4. The molecule has 0 unspecified atom stereocenters. The molecule has 0 spiro atoms. The van der Waals surface area contributed by atoms with Crippen molar-refractivity contribution < 1.29 is 9.84 Å². The summed E-state index contributed by atoms with van der Waals surface area (Å²) < 4.78 is 5.55. The van der Waals surface area contributed by atoms with Gasteiger partial charge in [0.15, 0.2) is 0 Å². The molecule has 0 saturated heterocycles. The molecule has 0 amide bonds. The Morgan fingerprint density at radius 3 is 2.24 bits per heavy atom. The molecule has 2 atom stereocenters. The predicted molar refractivity (Wildman–Crippen MR) is 108 cm³/mol. The number of rotatable bonds is 5. The van der Waals surface area contributed by atoms with Crippen molar-refractivity contribution in [1.82, 2.24) is 4.98 Å². The molecule has 2 rings (SSSR count). The number of aryl methyl sites for hydroxylation is 1. The highest BCUT2D eigenvalue weighted by Crippen LogP contribution is 2.32. The van der Waals surface area contributed by atoms with E-state index in [1.807, 2.05) is 20.8 Å². The van der Waals surface area contributed by atoms with Crippen LogP contribution in [0.5, 0.6) is 5.88 Å². The summed E-state index contributed by atoms with van der Waals surface area (Å²) in [6.07, 6.45) is -0.871. The van der Waals surface area contributed by atoms with E-state index in [1.165, 1.54) is 0 Å². The summed E-state index contributed by atoms with van der Waals surface area (Å²) in [6, 6.07) is 7.95. The monoisotopic (exact) mass is 426 g/mol. The van der Waals surface area contributed by atoms with Crippen LogP contribution < -0.4 is 10.5 Å². The quantitative estimate of drug-likeness (QED) is 0.699. The maximum absolute atomic E-state index is 10.6. The molecule has 3 N–H and O–H groups in total. The molecular weight excluding hydrogens is 406 g/mol. The highest BCUT2D eigenvalue weighted by Gasteiger charge is 2.22. The van der Waals surface area contributed by atoms with Crippen molar-refractivity contribution in [1.29, 1.82) is 0 Å². The van der Waals surface area contributed by atoms with Gasteiger partial charge in [-0.25, -0.2) is 4.98 Å². The molecule has 0 saturated carbocycles. The lowest BCUT2D eigenvalue weighted by molar-refractivity contribution is 0.145. The van der Waals surface area contributed by atoms with E-state index in [2.05, 4.69) is 4.98 Å². The Balaban J connectivity index is 0.00000288. The molecule has 0 aliphatic carbocycles. The van der Waals surface area contributed by atoms with Gasteiger partial charge in [0.1, 0.15) is 0 Å². The van der Waals surface area contributed by atoms with Gasteiger partial charge in [0.05, 0.1) is 28.3 Å². The van der Waals surface area contributed by atoms with Crippen LogP contribution in [0, 0.1) is 6.92 Å². The third-order valence-electron chi connectivity index (χ3n) is 3.44. The maximum atomic E-state index is 10.6. The number of benzene rings is 1. The fraction of sp³-hybridized carbons (Fsp3) is 0.353. The highest BCUT2D eigenvalue weighted by molar-refractivity contribution is 6.42. The lowest BCUT2D eigenvalue weighted by atomic mass is 9.96. The summed E-state index contributed by atoms with van der Waals surface area (Å²) >= 11 is 11.9. The number of halogens is 4. The van der Waals surface area contributed by atoms with E-state index in [9.17, 15) is 5.11 Å². The lowest BCUT2D eigenvalue weighted by Gasteiger charge is -2.21. The fourth-order valence-corrected chi connectivity index (χ4v) is 2.57. The molecule has 2 aromatic rings. The van der Waals surface area contributed by atoms with Crippen LogP contribution >= 0.6 is 48.0 Å². The summed E-state index contributed by atoms with van der Waals surface area (Å²) in [7, 11) is 0.